The molecule has 0 aliphatic carbocycles. The van der Waals surface area contributed by atoms with E-state index < -0.39 is 16.4 Å². The van der Waals surface area contributed by atoms with Crippen LogP contribution in [0.5, 0.6) is 0 Å². The Morgan fingerprint density at radius 3 is 2.88 bits per heavy atom. The molecule has 0 bridgehead atoms. The lowest BCUT2D eigenvalue weighted by Gasteiger charge is -1.98. The van der Waals surface area contributed by atoms with Crippen molar-refractivity contribution < 1.29 is 14.4 Å². The SMILES string of the molecule is O=[N+]([O-])c1cc(-c2csc(CO)n2)ccc1F. The van der Waals surface area contributed by atoms with Gasteiger partial charge in [-0.15, -0.1) is 11.3 Å². The second-order valence-electron chi connectivity index (χ2n) is 3.21. The highest BCUT2D eigenvalue weighted by molar-refractivity contribution is 7.09. The van der Waals surface area contributed by atoms with E-state index in [-0.39, 0.29) is 6.61 Å². The average molecular weight is 254 g/mol. The monoisotopic (exact) mass is 254 g/mol. The van der Waals surface area contributed by atoms with Crippen LogP contribution < -0.4 is 0 Å². The first-order chi connectivity index (χ1) is 8.11. The van der Waals surface area contributed by atoms with Crippen LogP contribution in [-0.4, -0.2) is 15.0 Å². The van der Waals surface area contributed by atoms with E-state index in [1.165, 1.54) is 17.4 Å². The molecule has 0 aliphatic rings. The van der Waals surface area contributed by atoms with Gasteiger partial charge >= 0.3 is 5.69 Å². The molecule has 2 aromatic rings. The molecule has 5 nitrogen and oxygen atoms in total. The Kier molecular flexibility index (Phi) is 3.12. The molecule has 2 rings (SSSR count). The Labute approximate surface area is 99.3 Å². The van der Waals surface area contributed by atoms with Crippen LogP contribution in [0.3, 0.4) is 0 Å². The van der Waals surface area contributed by atoms with E-state index in [0.29, 0.717) is 16.3 Å². The van der Waals surface area contributed by atoms with Gasteiger partial charge in [0.2, 0.25) is 5.82 Å². The molecule has 88 valence electrons. The van der Waals surface area contributed by atoms with E-state index in [2.05, 4.69) is 4.98 Å². The van der Waals surface area contributed by atoms with Crippen LogP contribution in [0.1, 0.15) is 5.01 Å². The summed E-state index contributed by atoms with van der Waals surface area (Å²) in [6.07, 6.45) is 0. The Hall–Kier alpha value is -1.86. The van der Waals surface area contributed by atoms with Gasteiger partial charge < -0.3 is 5.11 Å². The predicted octanol–water partition coefficient (Wildman–Crippen LogP) is 2.35. The minimum absolute atomic E-state index is 0.187. The molecule has 0 amide bonds. The number of aliphatic hydroxyl groups is 1. The van der Waals surface area contributed by atoms with E-state index in [1.807, 2.05) is 0 Å². The van der Waals surface area contributed by atoms with Gasteiger partial charge in [0.1, 0.15) is 5.01 Å². The number of hydrogen-bond acceptors (Lipinski definition) is 5. The van der Waals surface area contributed by atoms with Crippen molar-refractivity contribution in [1.29, 1.82) is 0 Å². The second-order valence-corrected chi connectivity index (χ2v) is 4.15. The zero-order valence-electron chi connectivity index (χ0n) is 8.46. The van der Waals surface area contributed by atoms with Crippen LogP contribution in [0.25, 0.3) is 11.3 Å². The third kappa shape index (κ3) is 2.29. The van der Waals surface area contributed by atoms with Crippen LogP contribution in [0.2, 0.25) is 0 Å². The first kappa shape index (κ1) is 11.6. The van der Waals surface area contributed by atoms with Gasteiger partial charge in [0.15, 0.2) is 0 Å². The van der Waals surface area contributed by atoms with Crippen LogP contribution in [-0.2, 0) is 6.61 Å². The van der Waals surface area contributed by atoms with E-state index in [4.69, 9.17) is 5.11 Å². The van der Waals surface area contributed by atoms with Crippen LogP contribution in [0.4, 0.5) is 10.1 Å². The van der Waals surface area contributed by atoms with Gasteiger partial charge in [0.05, 0.1) is 17.2 Å². The zero-order chi connectivity index (χ0) is 12.4. The van der Waals surface area contributed by atoms with Crippen molar-refractivity contribution in [3.63, 3.8) is 0 Å². The van der Waals surface area contributed by atoms with E-state index >= 15 is 0 Å². The topological polar surface area (TPSA) is 76.3 Å². The largest absolute Gasteiger partial charge is 0.389 e. The molecule has 0 saturated carbocycles. The van der Waals surface area contributed by atoms with E-state index in [9.17, 15) is 14.5 Å². The van der Waals surface area contributed by atoms with Gasteiger partial charge in [-0.3, -0.25) is 10.1 Å². The number of thiazole rings is 1. The summed E-state index contributed by atoms with van der Waals surface area (Å²) in [6.45, 7) is -0.187. The van der Waals surface area contributed by atoms with Crippen molar-refractivity contribution in [2.24, 2.45) is 0 Å². The van der Waals surface area contributed by atoms with Gasteiger partial charge in [-0.1, -0.05) is 0 Å². The van der Waals surface area contributed by atoms with Crippen LogP contribution >= 0.6 is 11.3 Å². The highest BCUT2D eigenvalue weighted by Gasteiger charge is 2.16. The second kappa shape index (κ2) is 4.56. The van der Waals surface area contributed by atoms with Gasteiger partial charge in [-0.25, -0.2) is 4.98 Å². The number of rotatable bonds is 3. The molecule has 1 aromatic heterocycles. The highest BCUT2D eigenvalue weighted by Crippen LogP contribution is 2.27. The standard InChI is InChI=1S/C10H7FN2O3S/c11-7-2-1-6(3-9(7)13(15)16)8-5-17-10(4-14)12-8/h1-3,5,14H,4H2. The van der Waals surface area contributed by atoms with Crippen molar-refractivity contribution in [2.45, 2.75) is 6.61 Å². The molecule has 0 aliphatic heterocycles. The summed E-state index contributed by atoms with van der Waals surface area (Å²) in [4.78, 5) is 13.8. The van der Waals surface area contributed by atoms with Crippen molar-refractivity contribution in [3.8, 4) is 11.3 Å². The molecular weight excluding hydrogens is 247 g/mol. The Bertz CT molecular complexity index is 570. The van der Waals surface area contributed by atoms with Gasteiger partial charge in [0.25, 0.3) is 0 Å². The maximum Gasteiger partial charge on any atom is 0.305 e. The number of nitro groups is 1. The number of aliphatic hydroxyl groups excluding tert-OH is 1. The van der Waals surface area contributed by atoms with Crippen LogP contribution in [0, 0.1) is 15.9 Å². The Morgan fingerprint density at radius 2 is 2.29 bits per heavy atom. The lowest BCUT2D eigenvalue weighted by Crippen LogP contribution is -1.93. The maximum absolute atomic E-state index is 13.1. The number of halogens is 1. The van der Waals surface area contributed by atoms with Crippen molar-refractivity contribution in [3.05, 3.63) is 44.5 Å². The maximum atomic E-state index is 13.1. The number of nitrogens with zero attached hydrogens (tertiary/aromatic N) is 2. The third-order valence-electron chi connectivity index (χ3n) is 2.13. The molecule has 17 heavy (non-hydrogen) atoms. The molecular formula is C10H7FN2O3S. The summed E-state index contributed by atoms with van der Waals surface area (Å²) in [5.74, 6) is -0.878. The quantitative estimate of drug-likeness (QED) is 0.673. The molecule has 1 heterocycles. The highest BCUT2D eigenvalue weighted by atomic mass is 32.1. The zero-order valence-corrected chi connectivity index (χ0v) is 9.28. The molecule has 1 N–H and O–H groups in total. The van der Waals surface area contributed by atoms with E-state index in [0.717, 1.165) is 12.1 Å². The van der Waals surface area contributed by atoms with Crippen molar-refractivity contribution in [2.75, 3.05) is 0 Å². The average Bonchev–Trinajstić information content (AvgIpc) is 2.78. The summed E-state index contributed by atoms with van der Waals surface area (Å²) in [7, 11) is 0. The summed E-state index contributed by atoms with van der Waals surface area (Å²) in [5, 5.41) is 21.6. The number of aromatic nitrogens is 1. The first-order valence-corrected chi connectivity index (χ1v) is 5.49. The molecule has 0 unspecified atom stereocenters. The summed E-state index contributed by atoms with van der Waals surface area (Å²) in [6, 6.07) is 3.58. The number of nitro benzene ring substituents is 1. The summed E-state index contributed by atoms with van der Waals surface area (Å²) < 4.78 is 13.1. The summed E-state index contributed by atoms with van der Waals surface area (Å²) in [5.41, 5.74) is 0.359. The fourth-order valence-corrected chi connectivity index (χ4v) is 1.99. The molecule has 0 spiro atoms. The smallest absolute Gasteiger partial charge is 0.305 e. The van der Waals surface area contributed by atoms with Crippen molar-refractivity contribution >= 4 is 17.0 Å². The lowest BCUT2D eigenvalue weighted by molar-refractivity contribution is -0.387. The van der Waals surface area contributed by atoms with Gasteiger partial charge in [-0.2, -0.15) is 4.39 Å². The third-order valence-corrected chi connectivity index (χ3v) is 2.96. The number of benzene rings is 1. The van der Waals surface area contributed by atoms with Gasteiger partial charge in [-0.05, 0) is 12.1 Å². The molecule has 0 atom stereocenters. The minimum Gasteiger partial charge on any atom is -0.389 e. The molecule has 1 aromatic carbocycles. The van der Waals surface area contributed by atoms with Crippen molar-refractivity contribution in [1.82, 2.24) is 4.98 Å². The fourth-order valence-electron chi connectivity index (χ4n) is 1.33. The normalized spacial score (nSPS) is 10.5. The van der Waals surface area contributed by atoms with E-state index in [1.54, 1.807) is 5.38 Å². The minimum atomic E-state index is -0.878. The molecule has 0 radical (unpaired) electrons. The summed E-state index contributed by atoms with van der Waals surface area (Å²) >= 11 is 1.24. The Balaban J connectivity index is 2.46. The Morgan fingerprint density at radius 1 is 1.53 bits per heavy atom. The van der Waals surface area contributed by atoms with Crippen LogP contribution in [0.15, 0.2) is 23.6 Å². The van der Waals surface area contributed by atoms with Gasteiger partial charge in [0, 0.05) is 17.0 Å². The molecule has 7 heteroatoms. The number of hydrogen-bond donors (Lipinski definition) is 1. The fraction of sp³-hybridized carbons (Fsp3) is 0.100. The molecule has 0 saturated heterocycles. The predicted molar refractivity (Wildman–Crippen MR) is 60.1 cm³/mol. The first-order valence-electron chi connectivity index (χ1n) is 4.61. The lowest BCUT2D eigenvalue weighted by atomic mass is 10.1. The molecule has 0 fully saturated rings.